The van der Waals surface area contributed by atoms with Crippen LogP contribution in [0.3, 0.4) is 0 Å². The van der Waals surface area contributed by atoms with Crippen LogP contribution < -0.4 is 5.56 Å². The van der Waals surface area contributed by atoms with Gasteiger partial charge in [-0.15, -0.1) is 0 Å². The fourth-order valence-corrected chi connectivity index (χ4v) is 5.04. The summed E-state index contributed by atoms with van der Waals surface area (Å²) in [7, 11) is 0. The van der Waals surface area contributed by atoms with Gasteiger partial charge in [-0.2, -0.15) is 0 Å². The summed E-state index contributed by atoms with van der Waals surface area (Å²) in [6.45, 7) is -0.171. The maximum absolute atomic E-state index is 11.6. The van der Waals surface area contributed by atoms with E-state index in [4.69, 9.17) is 0 Å². The van der Waals surface area contributed by atoms with Gasteiger partial charge < -0.3 is 0 Å². The Hall–Kier alpha value is -1.25. The molecule has 0 saturated carbocycles. The molecular weight excluding hydrogens is 319 g/mol. The summed E-state index contributed by atoms with van der Waals surface area (Å²) in [5.41, 5.74) is 0.232. The summed E-state index contributed by atoms with van der Waals surface area (Å²) in [6.07, 6.45) is 0.761. The summed E-state index contributed by atoms with van der Waals surface area (Å²) in [6, 6.07) is 0. The van der Waals surface area contributed by atoms with Crippen molar-refractivity contribution in [1.29, 1.82) is 0 Å². The first-order valence-corrected chi connectivity index (χ1v) is 7.64. The van der Waals surface area contributed by atoms with Gasteiger partial charge in [0.1, 0.15) is 0 Å². The van der Waals surface area contributed by atoms with E-state index in [-0.39, 0.29) is 42.4 Å². The summed E-state index contributed by atoms with van der Waals surface area (Å²) in [4.78, 5) is 21.3. The number of nitrogens with one attached hydrogen (secondary N) is 1. The SMILES string of the molecule is O=c1[nH]cnc2c1ncn2[C@@H]1[Se][C@H](CO)[C@@H](O)[C@H]1O. The molecule has 3 rings (SSSR count). The molecule has 0 bridgehead atoms. The second kappa shape index (κ2) is 4.69. The molecule has 102 valence electrons. The molecule has 19 heavy (non-hydrogen) atoms. The Morgan fingerprint density at radius 1 is 1.37 bits per heavy atom. The van der Waals surface area contributed by atoms with Gasteiger partial charge in [0, 0.05) is 0 Å². The second-order valence-electron chi connectivity index (χ2n) is 4.28. The van der Waals surface area contributed by atoms with Crippen molar-refractivity contribution in [1.82, 2.24) is 19.5 Å². The van der Waals surface area contributed by atoms with Gasteiger partial charge in [0.25, 0.3) is 0 Å². The first kappa shape index (κ1) is 12.8. The number of imidazole rings is 1. The van der Waals surface area contributed by atoms with Crippen LogP contribution in [0.1, 0.15) is 4.94 Å². The Morgan fingerprint density at radius 2 is 2.16 bits per heavy atom. The molecule has 1 aliphatic heterocycles. The van der Waals surface area contributed by atoms with Gasteiger partial charge in [-0.05, 0) is 0 Å². The van der Waals surface area contributed by atoms with Crippen molar-refractivity contribution in [3.63, 3.8) is 0 Å². The molecule has 4 N–H and O–H groups in total. The summed E-state index contributed by atoms with van der Waals surface area (Å²) in [5, 5.41) is 29.1. The van der Waals surface area contributed by atoms with Crippen LogP contribution in [0.5, 0.6) is 0 Å². The summed E-state index contributed by atoms with van der Waals surface area (Å²) in [5.74, 6) is 0. The number of nitrogens with zero attached hydrogens (tertiary/aromatic N) is 3. The van der Waals surface area contributed by atoms with Crippen LogP contribution in [-0.2, 0) is 0 Å². The number of aliphatic hydroxyl groups is 3. The molecule has 4 atom stereocenters. The van der Waals surface area contributed by atoms with Crippen LogP contribution in [0.2, 0.25) is 4.82 Å². The van der Waals surface area contributed by atoms with E-state index >= 15 is 0 Å². The van der Waals surface area contributed by atoms with Crippen molar-refractivity contribution < 1.29 is 15.3 Å². The summed E-state index contributed by atoms with van der Waals surface area (Å²) < 4.78 is 1.61. The number of aliphatic hydroxyl groups excluding tert-OH is 3. The van der Waals surface area contributed by atoms with Crippen LogP contribution in [-0.4, -0.2) is 68.6 Å². The van der Waals surface area contributed by atoms with Gasteiger partial charge in [0.15, 0.2) is 0 Å². The monoisotopic (exact) mass is 332 g/mol. The average Bonchev–Trinajstić information content (AvgIpc) is 2.94. The Morgan fingerprint density at radius 3 is 2.84 bits per heavy atom. The molecule has 1 fully saturated rings. The van der Waals surface area contributed by atoms with Crippen LogP contribution in [0.15, 0.2) is 17.4 Å². The minimum absolute atomic E-state index is 0.171. The normalized spacial score (nSPS) is 31.1. The quantitative estimate of drug-likeness (QED) is 0.465. The zero-order chi connectivity index (χ0) is 13.6. The number of hydrogen-bond acceptors (Lipinski definition) is 6. The molecule has 2 aromatic rings. The van der Waals surface area contributed by atoms with Crippen molar-refractivity contribution in [2.45, 2.75) is 22.0 Å². The molecular formula is C10H12N4O4Se. The maximum atomic E-state index is 11.6. The van der Waals surface area contributed by atoms with E-state index in [1.165, 1.54) is 12.7 Å². The van der Waals surface area contributed by atoms with Gasteiger partial charge >= 0.3 is 113 Å². The third kappa shape index (κ3) is 1.90. The molecule has 9 heteroatoms. The van der Waals surface area contributed by atoms with Crippen molar-refractivity contribution in [3.8, 4) is 0 Å². The van der Waals surface area contributed by atoms with Crippen LogP contribution in [0, 0.1) is 0 Å². The van der Waals surface area contributed by atoms with Gasteiger partial charge in [0.05, 0.1) is 0 Å². The number of aromatic amines is 1. The van der Waals surface area contributed by atoms with Crippen LogP contribution in [0.25, 0.3) is 11.2 Å². The van der Waals surface area contributed by atoms with E-state index in [0.717, 1.165) is 0 Å². The molecule has 8 nitrogen and oxygen atoms in total. The molecule has 0 aromatic carbocycles. The fraction of sp³-hybridized carbons (Fsp3) is 0.500. The first-order chi connectivity index (χ1) is 9.13. The summed E-state index contributed by atoms with van der Waals surface area (Å²) >= 11 is -0.217. The predicted octanol–water partition coefficient (Wildman–Crippen LogP) is -2.16. The van der Waals surface area contributed by atoms with Crippen molar-refractivity contribution in [2.24, 2.45) is 0 Å². The van der Waals surface area contributed by atoms with Gasteiger partial charge in [0.2, 0.25) is 0 Å². The topological polar surface area (TPSA) is 124 Å². The Bertz CT molecular complexity index is 656. The first-order valence-electron chi connectivity index (χ1n) is 5.66. The number of rotatable bonds is 2. The number of aromatic nitrogens is 4. The van der Waals surface area contributed by atoms with Crippen molar-refractivity contribution >= 4 is 26.1 Å². The molecule has 1 aliphatic rings. The zero-order valence-corrected chi connectivity index (χ0v) is 11.4. The molecule has 0 radical (unpaired) electrons. The predicted molar refractivity (Wildman–Crippen MR) is 65.8 cm³/mol. The van der Waals surface area contributed by atoms with Gasteiger partial charge in [-0.3, -0.25) is 0 Å². The molecule has 0 amide bonds. The number of fused-ring (bicyclic) bond motifs is 1. The van der Waals surface area contributed by atoms with E-state index in [9.17, 15) is 20.1 Å². The Labute approximate surface area is 113 Å². The molecule has 3 heterocycles. The van der Waals surface area contributed by atoms with E-state index in [2.05, 4.69) is 15.0 Å². The molecule has 0 spiro atoms. The Kier molecular flexibility index (Phi) is 3.15. The van der Waals surface area contributed by atoms with E-state index in [1.807, 2.05) is 0 Å². The third-order valence-electron chi connectivity index (χ3n) is 3.16. The standard InChI is InChI=1S/C10H12N4O4Se/c15-1-4-6(16)7(17)10(19-4)14-3-13-5-8(14)11-2-12-9(5)18/h2-4,6-7,10,15-17H,1H2,(H,11,12,18)/t4-,6-,7-,10-/m1/s1. The molecule has 0 unspecified atom stereocenters. The van der Waals surface area contributed by atoms with Crippen molar-refractivity contribution in [3.05, 3.63) is 23.0 Å². The zero-order valence-electron chi connectivity index (χ0n) is 9.67. The minimum atomic E-state index is -0.990. The molecule has 0 aliphatic carbocycles. The fourth-order valence-electron chi connectivity index (χ4n) is 2.16. The molecule has 1 saturated heterocycles. The molecule has 2 aromatic heterocycles. The number of H-pyrrole nitrogens is 1. The number of hydrogen-bond donors (Lipinski definition) is 4. The van der Waals surface area contributed by atoms with Crippen LogP contribution in [0.4, 0.5) is 0 Å². The van der Waals surface area contributed by atoms with E-state index in [0.29, 0.717) is 5.65 Å². The van der Waals surface area contributed by atoms with E-state index in [1.54, 1.807) is 4.57 Å². The third-order valence-corrected chi connectivity index (χ3v) is 6.43. The Balaban J connectivity index is 2.06. The van der Waals surface area contributed by atoms with Crippen molar-refractivity contribution in [2.75, 3.05) is 6.61 Å². The second-order valence-corrected chi connectivity index (χ2v) is 7.14. The van der Waals surface area contributed by atoms with Crippen LogP contribution >= 0.6 is 0 Å². The average molecular weight is 331 g/mol. The van der Waals surface area contributed by atoms with Gasteiger partial charge in [-0.25, -0.2) is 0 Å². The van der Waals surface area contributed by atoms with Gasteiger partial charge in [-0.1, -0.05) is 0 Å². The van der Waals surface area contributed by atoms with E-state index < -0.39 is 12.2 Å².